The Bertz CT molecular complexity index is 799. The number of anilines is 1. The molecular weight excluding hydrogens is 316 g/mol. The van der Waals surface area contributed by atoms with Gasteiger partial charge in [-0.05, 0) is 39.0 Å². The summed E-state index contributed by atoms with van der Waals surface area (Å²) < 4.78 is 5.58. The van der Waals surface area contributed by atoms with Gasteiger partial charge in [-0.15, -0.1) is 11.3 Å². The molecule has 0 saturated heterocycles. The van der Waals surface area contributed by atoms with E-state index in [2.05, 4.69) is 4.98 Å². The number of hydrogen-bond donors (Lipinski definition) is 1. The van der Waals surface area contributed by atoms with Crippen LogP contribution in [0.2, 0.25) is 0 Å². The van der Waals surface area contributed by atoms with Crippen LogP contribution in [0, 0.1) is 13.8 Å². The van der Waals surface area contributed by atoms with Crippen molar-refractivity contribution in [2.75, 3.05) is 11.4 Å². The molecule has 1 unspecified atom stereocenters. The number of aryl methyl sites for hydroxylation is 2. The van der Waals surface area contributed by atoms with E-state index >= 15 is 0 Å². The first-order valence-electron chi connectivity index (χ1n) is 7.15. The molecule has 2 heterocycles. The monoisotopic (exact) mass is 332 g/mol. The van der Waals surface area contributed by atoms with E-state index in [0.717, 1.165) is 21.1 Å². The van der Waals surface area contributed by atoms with Gasteiger partial charge in [0, 0.05) is 10.4 Å². The number of thiazole rings is 1. The van der Waals surface area contributed by atoms with Crippen LogP contribution < -0.4 is 9.64 Å². The molecule has 0 radical (unpaired) electrons. The van der Waals surface area contributed by atoms with Crippen LogP contribution in [0.5, 0.6) is 5.75 Å². The third-order valence-corrected chi connectivity index (χ3v) is 4.52. The quantitative estimate of drug-likeness (QED) is 0.934. The first kappa shape index (κ1) is 15.5. The van der Waals surface area contributed by atoms with E-state index in [4.69, 9.17) is 9.84 Å². The number of carbonyl (C=O) groups is 2. The van der Waals surface area contributed by atoms with E-state index in [9.17, 15) is 9.59 Å². The van der Waals surface area contributed by atoms with Crippen LogP contribution in [-0.4, -0.2) is 34.6 Å². The van der Waals surface area contributed by atoms with Gasteiger partial charge in [0.05, 0.1) is 16.4 Å². The summed E-state index contributed by atoms with van der Waals surface area (Å²) in [5.41, 5.74) is 2.15. The van der Waals surface area contributed by atoms with E-state index in [1.54, 1.807) is 30.4 Å². The fraction of sp³-hybridized carbons (Fsp3) is 0.312. The molecule has 3 rings (SSSR count). The smallest absolute Gasteiger partial charge is 0.323 e. The van der Waals surface area contributed by atoms with Gasteiger partial charge in [-0.1, -0.05) is 0 Å². The van der Waals surface area contributed by atoms with E-state index in [0.29, 0.717) is 11.4 Å². The van der Waals surface area contributed by atoms with Gasteiger partial charge in [0.2, 0.25) is 0 Å². The highest BCUT2D eigenvalue weighted by molar-refractivity contribution is 7.11. The van der Waals surface area contributed by atoms with Gasteiger partial charge in [0.15, 0.2) is 6.10 Å². The van der Waals surface area contributed by atoms with Crippen LogP contribution >= 0.6 is 11.3 Å². The lowest BCUT2D eigenvalue weighted by atomic mass is 10.1. The summed E-state index contributed by atoms with van der Waals surface area (Å²) in [5.74, 6) is -0.917. The lowest BCUT2D eigenvalue weighted by Gasteiger charge is -2.32. The second-order valence-electron chi connectivity index (χ2n) is 5.40. The Labute approximate surface area is 137 Å². The maximum absolute atomic E-state index is 12.3. The maximum atomic E-state index is 12.3. The number of benzene rings is 1. The van der Waals surface area contributed by atoms with Crippen molar-refractivity contribution in [3.05, 3.63) is 28.1 Å². The molecule has 1 amide bonds. The van der Waals surface area contributed by atoms with E-state index < -0.39 is 18.6 Å². The van der Waals surface area contributed by atoms with Gasteiger partial charge >= 0.3 is 5.97 Å². The standard InChI is InChI=1S/C16H16N2O4S/c1-8-16(21)18(7-14(19)20)12-6-11(4-5-13(12)22-8)15-9(2)23-10(3)17-15/h4-6,8H,7H2,1-3H3,(H,19,20). The molecular formula is C16H16N2O4S. The average molecular weight is 332 g/mol. The maximum Gasteiger partial charge on any atom is 0.323 e. The molecule has 1 aliphatic rings. The molecule has 0 fully saturated rings. The first-order chi connectivity index (χ1) is 10.9. The van der Waals surface area contributed by atoms with Gasteiger partial charge < -0.3 is 9.84 Å². The molecule has 1 aromatic carbocycles. The number of fused-ring (bicyclic) bond motifs is 1. The predicted molar refractivity (Wildman–Crippen MR) is 87.1 cm³/mol. The summed E-state index contributed by atoms with van der Waals surface area (Å²) in [4.78, 5) is 30.2. The lowest BCUT2D eigenvalue weighted by Crippen LogP contribution is -2.46. The van der Waals surface area contributed by atoms with Crippen LogP contribution in [0.4, 0.5) is 5.69 Å². The summed E-state index contributed by atoms with van der Waals surface area (Å²) in [6, 6.07) is 5.40. The summed E-state index contributed by atoms with van der Waals surface area (Å²) in [5, 5.41) is 10.0. The Hall–Kier alpha value is -2.41. The fourth-order valence-corrected chi connectivity index (χ4v) is 3.49. The second kappa shape index (κ2) is 5.66. The van der Waals surface area contributed by atoms with Crippen molar-refractivity contribution in [2.24, 2.45) is 0 Å². The number of aliphatic carboxylic acids is 1. The zero-order chi connectivity index (χ0) is 16.7. The van der Waals surface area contributed by atoms with Gasteiger partial charge in [-0.25, -0.2) is 4.98 Å². The van der Waals surface area contributed by atoms with Crippen LogP contribution in [0.15, 0.2) is 18.2 Å². The summed E-state index contributed by atoms with van der Waals surface area (Å²) >= 11 is 1.60. The van der Waals surface area contributed by atoms with Crippen molar-refractivity contribution >= 4 is 28.9 Å². The van der Waals surface area contributed by atoms with Gasteiger partial charge in [-0.3, -0.25) is 14.5 Å². The third kappa shape index (κ3) is 2.79. The number of carboxylic acids is 1. The number of amides is 1. The van der Waals surface area contributed by atoms with Gasteiger partial charge in [0.1, 0.15) is 12.3 Å². The van der Waals surface area contributed by atoms with E-state index in [1.165, 1.54) is 4.90 Å². The molecule has 1 aromatic heterocycles. The summed E-state index contributed by atoms with van der Waals surface area (Å²) in [6.45, 7) is 5.14. The van der Waals surface area contributed by atoms with Crippen molar-refractivity contribution in [3.8, 4) is 17.0 Å². The minimum atomic E-state index is -1.07. The Morgan fingerprint density at radius 3 is 2.78 bits per heavy atom. The molecule has 1 N–H and O–H groups in total. The highest BCUT2D eigenvalue weighted by Crippen LogP contribution is 2.38. The normalized spacial score (nSPS) is 16.9. The number of carboxylic acid groups (broad SMARTS) is 1. The molecule has 0 saturated carbocycles. The minimum Gasteiger partial charge on any atom is -0.480 e. The van der Waals surface area contributed by atoms with Crippen molar-refractivity contribution in [2.45, 2.75) is 26.9 Å². The summed E-state index contributed by atoms with van der Waals surface area (Å²) in [6.07, 6.45) is -0.698. The fourth-order valence-electron chi connectivity index (χ4n) is 2.65. The molecule has 0 aliphatic carbocycles. The van der Waals surface area contributed by atoms with E-state index in [-0.39, 0.29) is 5.91 Å². The van der Waals surface area contributed by atoms with Gasteiger partial charge in [-0.2, -0.15) is 0 Å². The molecule has 23 heavy (non-hydrogen) atoms. The van der Waals surface area contributed by atoms with Crippen molar-refractivity contribution in [3.63, 3.8) is 0 Å². The van der Waals surface area contributed by atoms with E-state index in [1.807, 2.05) is 19.9 Å². The molecule has 1 aliphatic heterocycles. The largest absolute Gasteiger partial charge is 0.480 e. The number of aromatic nitrogens is 1. The Morgan fingerprint density at radius 2 is 2.17 bits per heavy atom. The van der Waals surface area contributed by atoms with Crippen LogP contribution in [0.25, 0.3) is 11.3 Å². The molecule has 7 heteroatoms. The predicted octanol–water partition coefficient (Wildman–Crippen LogP) is 2.63. The number of nitrogens with zero attached hydrogens (tertiary/aromatic N) is 2. The van der Waals surface area contributed by atoms with Crippen LogP contribution in [0.3, 0.4) is 0 Å². The Morgan fingerprint density at radius 1 is 1.43 bits per heavy atom. The molecule has 0 bridgehead atoms. The zero-order valence-electron chi connectivity index (χ0n) is 13.0. The van der Waals surface area contributed by atoms with Crippen molar-refractivity contribution in [1.82, 2.24) is 4.98 Å². The molecule has 1 atom stereocenters. The minimum absolute atomic E-state index is 0.358. The SMILES string of the molecule is Cc1nc(-c2ccc3c(c2)N(CC(=O)O)C(=O)C(C)O3)c(C)s1. The number of hydrogen-bond acceptors (Lipinski definition) is 5. The number of rotatable bonds is 3. The summed E-state index contributed by atoms with van der Waals surface area (Å²) in [7, 11) is 0. The second-order valence-corrected chi connectivity index (χ2v) is 6.81. The highest BCUT2D eigenvalue weighted by Gasteiger charge is 2.33. The van der Waals surface area contributed by atoms with Crippen LogP contribution in [0.1, 0.15) is 16.8 Å². The zero-order valence-corrected chi connectivity index (χ0v) is 13.8. The Kier molecular flexibility index (Phi) is 3.81. The molecule has 2 aromatic rings. The molecule has 0 spiro atoms. The number of ether oxygens (including phenoxy) is 1. The first-order valence-corrected chi connectivity index (χ1v) is 7.96. The molecule has 6 nitrogen and oxygen atoms in total. The Balaban J connectivity index is 2.10. The van der Waals surface area contributed by atoms with Crippen molar-refractivity contribution in [1.29, 1.82) is 0 Å². The lowest BCUT2D eigenvalue weighted by molar-refractivity contribution is -0.137. The topological polar surface area (TPSA) is 79.7 Å². The number of carbonyl (C=O) groups excluding carboxylic acids is 1. The van der Waals surface area contributed by atoms with Crippen LogP contribution in [-0.2, 0) is 9.59 Å². The van der Waals surface area contributed by atoms with Crippen molar-refractivity contribution < 1.29 is 19.4 Å². The van der Waals surface area contributed by atoms with Gasteiger partial charge in [0.25, 0.3) is 5.91 Å². The average Bonchev–Trinajstić information content (AvgIpc) is 2.82. The highest BCUT2D eigenvalue weighted by atomic mass is 32.1. The third-order valence-electron chi connectivity index (χ3n) is 3.64. The molecule has 120 valence electrons.